The topological polar surface area (TPSA) is 26.7 Å². The van der Waals surface area contributed by atoms with Crippen molar-refractivity contribution >= 4 is 0 Å². The SMILES string of the molecule is CN(CCCO)C1CN(C2CC2)C1. The van der Waals surface area contributed by atoms with Gasteiger partial charge in [0.1, 0.15) is 0 Å². The van der Waals surface area contributed by atoms with Gasteiger partial charge in [-0.2, -0.15) is 0 Å². The summed E-state index contributed by atoms with van der Waals surface area (Å²) in [5.41, 5.74) is 0. The Morgan fingerprint density at radius 2 is 2.08 bits per heavy atom. The van der Waals surface area contributed by atoms with Gasteiger partial charge in [0, 0.05) is 38.3 Å². The summed E-state index contributed by atoms with van der Waals surface area (Å²) in [7, 11) is 2.17. The number of aliphatic hydroxyl groups is 1. The van der Waals surface area contributed by atoms with Crippen molar-refractivity contribution in [1.82, 2.24) is 9.80 Å². The minimum Gasteiger partial charge on any atom is -0.396 e. The largest absolute Gasteiger partial charge is 0.396 e. The molecule has 0 atom stereocenters. The van der Waals surface area contributed by atoms with Crippen LogP contribution in [-0.2, 0) is 0 Å². The Balaban J connectivity index is 1.60. The molecule has 0 spiro atoms. The highest BCUT2D eigenvalue weighted by molar-refractivity contribution is 4.96. The lowest BCUT2D eigenvalue weighted by atomic mass is 10.1. The van der Waals surface area contributed by atoms with E-state index in [0.717, 1.165) is 25.0 Å². The third kappa shape index (κ3) is 2.22. The van der Waals surface area contributed by atoms with E-state index in [4.69, 9.17) is 5.11 Å². The van der Waals surface area contributed by atoms with Crippen LogP contribution in [0.3, 0.4) is 0 Å². The Morgan fingerprint density at radius 1 is 1.38 bits per heavy atom. The number of likely N-dealkylation sites (N-methyl/N-ethyl adjacent to an activating group) is 1. The van der Waals surface area contributed by atoms with Gasteiger partial charge in [0.05, 0.1) is 0 Å². The number of rotatable bonds is 5. The molecule has 0 amide bonds. The van der Waals surface area contributed by atoms with Gasteiger partial charge in [0.15, 0.2) is 0 Å². The van der Waals surface area contributed by atoms with Crippen LogP contribution in [0.15, 0.2) is 0 Å². The molecule has 0 aromatic carbocycles. The first-order valence-electron chi connectivity index (χ1n) is 5.36. The van der Waals surface area contributed by atoms with Gasteiger partial charge in [-0.1, -0.05) is 0 Å². The second-order valence-electron chi connectivity index (χ2n) is 4.40. The summed E-state index contributed by atoms with van der Waals surface area (Å²) in [6.07, 6.45) is 3.76. The number of hydrogen-bond donors (Lipinski definition) is 1. The molecule has 3 nitrogen and oxygen atoms in total. The van der Waals surface area contributed by atoms with Crippen molar-refractivity contribution in [3.8, 4) is 0 Å². The lowest BCUT2D eigenvalue weighted by Crippen LogP contribution is -2.59. The molecule has 0 radical (unpaired) electrons. The molecule has 0 aromatic heterocycles. The number of hydrogen-bond acceptors (Lipinski definition) is 3. The van der Waals surface area contributed by atoms with Gasteiger partial charge in [-0.25, -0.2) is 0 Å². The summed E-state index contributed by atoms with van der Waals surface area (Å²) in [5, 5.41) is 8.70. The van der Waals surface area contributed by atoms with Crippen LogP contribution < -0.4 is 0 Å². The predicted molar refractivity (Wildman–Crippen MR) is 52.7 cm³/mol. The average molecular weight is 184 g/mol. The molecule has 13 heavy (non-hydrogen) atoms. The van der Waals surface area contributed by atoms with Crippen LogP contribution >= 0.6 is 0 Å². The van der Waals surface area contributed by atoms with E-state index >= 15 is 0 Å². The maximum Gasteiger partial charge on any atom is 0.0443 e. The molecule has 0 aromatic rings. The molecule has 2 rings (SSSR count). The fraction of sp³-hybridized carbons (Fsp3) is 1.00. The van der Waals surface area contributed by atoms with E-state index in [1.807, 2.05) is 0 Å². The summed E-state index contributed by atoms with van der Waals surface area (Å²) in [6.45, 7) is 3.88. The Kier molecular flexibility index (Phi) is 2.86. The Labute approximate surface area is 80.3 Å². The van der Waals surface area contributed by atoms with Crippen molar-refractivity contribution in [2.45, 2.75) is 31.3 Å². The highest BCUT2D eigenvalue weighted by Gasteiger charge is 2.38. The molecular weight excluding hydrogens is 164 g/mol. The fourth-order valence-electron chi connectivity index (χ4n) is 2.01. The van der Waals surface area contributed by atoms with Gasteiger partial charge < -0.3 is 10.0 Å². The van der Waals surface area contributed by atoms with Crippen LogP contribution in [0, 0.1) is 0 Å². The summed E-state index contributed by atoms with van der Waals surface area (Å²) >= 11 is 0. The van der Waals surface area contributed by atoms with E-state index in [9.17, 15) is 0 Å². The minimum absolute atomic E-state index is 0.323. The van der Waals surface area contributed by atoms with Crippen molar-refractivity contribution < 1.29 is 5.11 Å². The van der Waals surface area contributed by atoms with Crippen molar-refractivity contribution in [2.24, 2.45) is 0 Å². The van der Waals surface area contributed by atoms with Crippen LogP contribution in [0.5, 0.6) is 0 Å². The maximum absolute atomic E-state index is 8.70. The van der Waals surface area contributed by atoms with Gasteiger partial charge >= 0.3 is 0 Å². The zero-order chi connectivity index (χ0) is 9.26. The number of likely N-dealkylation sites (tertiary alicyclic amines) is 1. The van der Waals surface area contributed by atoms with Gasteiger partial charge in [0.25, 0.3) is 0 Å². The second-order valence-corrected chi connectivity index (χ2v) is 4.40. The number of aliphatic hydroxyl groups excluding tert-OH is 1. The second kappa shape index (κ2) is 3.95. The van der Waals surface area contributed by atoms with Crippen LogP contribution in [0.1, 0.15) is 19.3 Å². The van der Waals surface area contributed by atoms with E-state index in [1.165, 1.54) is 25.9 Å². The lowest BCUT2D eigenvalue weighted by Gasteiger charge is -2.44. The summed E-state index contributed by atoms with van der Waals surface area (Å²) in [6, 6.07) is 1.69. The first-order chi connectivity index (χ1) is 6.31. The van der Waals surface area contributed by atoms with E-state index in [-0.39, 0.29) is 0 Å². The standard InChI is InChI=1S/C10H20N2O/c1-11(5-2-6-13)10-7-12(8-10)9-3-4-9/h9-10,13H,2-8H2,1H3. The number of nitrogens with zero attached hydrogens (tertiary/aromatic N) is 2. The smallest absolute Gasteiger partial charge is 0.0443 e. The molecule has 76 valence electrons. The van der Waals surface area contributed by atoms with E-state index in [1.54, 1.807) is 0 Å². The Morgan fingerprint density at radius 3 is 2.62 bits per heavy atom. The van der Waals surface area contributed by atoms with Gasteiger partial charge in [-0.05, 0) is 26.3 Å². The third-order valence-electron chi connectivity index (χ3n) is 3.25. The summed E-state index contributed by atoms with van der Waals surface area (Å²) < 4.78 is 0. The molecule has 0 bridgehead atoms. The monoisotopic (exact) mass is 184 g/mol. The molecule has 1 N–H and O–H groups in total. The van der Waals surface area contributed by atoms with Gasteiger partial charge in [0.2, 0.25) is 0 Å². The predicted octanol–water partition coefficient (Wildman–Crippen LogP) is 0.147. The van der Waals surface area contributed by atoms with Gasteiger partial charge in [-0.15, -0.1) is 0 Å². The quantitative estimate of drug-likeness (QED) is 0.659. The maximum atomic E-state index is 8.70. The fourth-order valence-corrected chi connectivity index (χ4v) is 2.01. The molecule has 0 unspecified atom stereocenters. The van der Waals surface area contributed by atoms with Crippen LogP contribution in [-0.4, -0.2) is 60.3 Å². The zero-order valence-electron chi connectivity index (χ0n) is 8.45. The van der Waals surface area contributed by atoms with Crippen molar-refractivity contribution in [1.29, 1.82) is 0 Å². The molecule has 3 heteroatoms. The average Bonchev–Trinajstić information content (AvgIpc) is 2.81. The van der Waals surface area contributed by atoms with E-state index < -0.39 is 0 Å². The van der Waals surface area contributed by atoms with Crippen LogP contribution in [0.25, 0.3) is 0 Å². The molecule has 2 fully saturated rings. The third-order valence-corrected chi connectivity index (χ3v) is 3.25. The molecule has 1 saturated heterocycles. The van der Waals surface area contributed by atoms with E-state index in [0.29, 0.717) is 6.61 Å². The normalized spacial score (nSPS) is 25.2. The lowest BCUT2D eigenvalue weighted by molar-refractivity contribution is 0.0403. The molecule has 2 aliphatic rings. The molecule has 1 heterocycles. The highest BCUT2D eigenvalue weighted by atomic mass is 16.3. The molecule has 1 aliphatic carbocycles. The minimum atomic E-state index is 0.323. The molecular formula is C10H20N2O. The van der Waals surface area contributed by atoms with E-state index in [2.05, 4.69) is 16.8 Å². The first kappa shape index (κ1) is 9.44. The van der Waals surface area contributed by atoms with Crippen LogP contribution in [0.4, 0.5) is 0 Å². The molecule has 1 saturated carbocycles. The first-order valence-corrected chi connectivity index (χ1v) is 5.36. The summed E-state index contributed by atoms with van der Waals surface area (Å²) in [4.78, 5) is 4.97. The Bertz CT molecular complexity index is 164. The summed E-state index contributed by atoms with van der Waals surface area (Å²) in [5.74, 6) is 0. The van der Waals surface area contributed by atoms with Crippen molar-refractivity contribution in [2.75, 3.05) is 33.3 Å². The highest BCUT2D eigenvalue weighted by Crippen LogP contribution is 2.31. The van der Waals surface area contributed by atoms with Gasteiger partial charge in [-0.3, -0.25) is 4.90 Å². The van der Waals surface area contributed by atoms with Crippen molar-refractivity contribution in [3.63, 3.8) is 0 Å². The van der Waals surface area contributed by atoms with Crippen LogP contribution in [0.2, 0.25) is 0 Å². The Hall–Kier alpha value is -0.120. The van der Waals surface area contributed by atoms with Crippen molar-refractivity contribution in [3.05, 3.63) is 0 Å². The zero-order valence-corrected chi connectivity index (χ0v) is 8.45. The molecule has 1 aliphatic heterocycles.